The van der Waals surface area contributed by atoms with Gasteiger partial charge in [-0.1, -0.05) is 13.8 Å². The van der Waals surface area contributed by atoms with Crippen molar-refractivity contribution in [3.05, 3.63) is 0 Å². The molecular formula is C11H22N2. The molecule has 0 aromatic carbocycles. The van der Waals surface area contributed by atoms with Crippen molar-refractivity contribution >= 4 is 0 Å². The molecule has 2 heterocycles. The van der Waals surface area contributed by atoms with Crippen LogP contribution in [-0.4, -0.2) is 37.6 Å². The molecule has 2 saturated heterocycles. The predicted molar refractivity (Wildman–Crippen MR) is 55.7 cm³/mol. The third kappa shape index (κ3) is 2.44. The molecule has 0 amide bonds. The molecule has 76 valence electrons. The first-order valence-corrected chi connectivity index (χ1v) is 5.67. The van der Waals surface area contributed by atoms with E-state index in [0.29, 0.717) is 0 Å². The van der Waals surface area contributed by atoms with Gasteiger partial charge in [0.05, 0.1) is 0 Å². The van der Waals surface area contributed by atoms with Crippen molar-refractivity contribution < 1.29 is 0 Å². The minimum atomic E-state index is 0.826. The molecule has 0 saturated carbocycles. The van der Waals surface area contributed by atoms with Crippen molar-refractivity contribution in [3.8, 4) is 0 Å². The van der Waals surface area contributed by atoms with E-state index < -0.39 is 0 Å². The number of hydrogen-bond donors (Lipinski definition) is 1. The van der Waals surface area contributed by atoms with Crippen molar-refractivity contribution in [1.82, 2.24) is 10.2 Å². The van der Waals surface area contributed by atoms with Crippen LogP contribution in [0.5, 0.6) is 0 Å². The predicted octanol–water partition coefficient (Wildman–Crippen LogP) is 1.18. The minimum Gasteiger partial charge on any atom is -0.316 e. The van der Waals surface area contributed by atoms with Crippen LogP contribution in [0.25, 0.3) is 0 Å². The Morgan fingerprint density at radius 1 is 1.23 bits per heavy atom. The molecule has 1 N–H and O–H groups in total. The Bertz CT molecular complexity index is 155. The zero-order chi connectivity index (χ0) is 9.26. The highest BCUT2D eigenvalue weighted by atomic mass is 15.2. The molecule has 2 heteroatoms. The second-order valence-corrected chi connectivity index (χ2v) is 5.24. The highest BCUT2D eigenvalue weighted by Gasteiger charge is 2.30. The van der Waals surface area contributed by atoms with Gasteiger partial charge in [-0.05, 0) is 37.3 Å². The Labute approximate surface area is 81.7 Å². The van der Waals surface area contributed by atoms with Crippen LogP contribution in [0.1, 0.15) is 20.3 Å². The average molecular weight is 182 g/mol. The third-order valence-electron chi connectivity index (χ3n) is 3.19. The Morgan fingerprint density at radius 2 is 1.85 bits per heavy atom. The molecule has 2 bridgehead atoms. The fourth-order valence-electron chi connectivity index (χ4n) is 2.88. The summed E-state index contributed by atoms with van der Waals surface area (Å²) < 4.78 is 0. The normalized spacial score (nSPS) is 35.3. The number of rotatable bonds is 2. The average Bonchev–Trinajstić information content (AvgIpc) is 2.01. The molecule has 2 atom stereocenters. The van der Waals surface area contributed by atoms with Crippen LogP contribution in [0.3, 0.4) is 0 Å². The SMILES string of the molecule is CC(C)CN1C[C@H]2CNC[C@@H](C2)C1. The van der Waals surface area contributed by atoms with Gasteiger partial charge in [0.1, 0.15) is 0 Å². The van der Waals surface area contributed by atoms with Crippen LogP contribution in [0.2, 0.25) is 0 Å². The molecule has 2 aliphatic heterocycles. The van der Waals surface area contributed by atoms with Gasteiger partial charge in [0, 0.05) is 19.6 Å². The summed E-state index contributed by atoms with van der Waals surface area (Å²) >= 11 is 0. The second kappa shape index (κ2) is 3.97. The molecule has 2 nitrogen and oxygen atoms in total. The van der Waals surface area contributed by atoms with E-state index in [1.165, 1.54) is 39.1 Å². The number of hydrogen-bond acceptors (Lipinski definition) is 2. The first-order chi connectivity index (χ1) is 6.24. The lowest BCUT2D eigenvalue weighted by atomic mass is 9.85. The van der Waals surface area contributed by atoms with Gasteiger partial charge in [-0.25, -0.2) is 0 Å². The van der Waals surface area contributed by atoms with Gasteiger partial charge in [0.25, 0.3) is 0 Å². The Hall–Kier alpha value is -0.0800. The molecule has 0 aliphatic carbocycles. The smallest absolute Gasteiger partial charge is 0.00221 e. The number of fused-ring (bicyclic) bond motifs is 2. The summed E-state index contributed by atoms with van der Waals surface area (Å²) in [6.45, 7) is 11.1. The lowest BCUT2D eigenvalue weighted by Crippen LogP contribution is -2.51. The van der Waals surface area contributed by atoms with Crippen molar-refractivity contribution in [1.29, 1.82) is 0 Å². The standard InChI is InChI=1S/C11H22N2/c1-9(2)6-13-7-10-3-11(8-13)5-12-4-10/h9-12H,3-8H2,1-2H3/t10-,11-/m1/s1. The zero-order valence-electron chi connectivity index (χ0n) is 8.92. The maximum Gasteiger partial charge on any atom is 0.00221 e. The maximum absolute atomic E-state index is 3.53. The number of piperidine rings is 2. The fraction of sp³-hybridized carbons (Fsp3) is 1.00. The van der Waals surface area contributed by atoms with Crippen LogP contribution in [0.4, 0.5) is 0 Å². The van der Waals surface area contributed by atoms with E-state index in [1.54, 1.807) is 0 Å². The zero-order valence-corrected chi connectivity index (χ0v) is 8.92. The van der Waals surface area contributed by atoms with Gasteiger partial charge in [0.2, 0.25) is 0 Å². The summed E-state index contributed by atoms with van der Waals surface area (Å²) in [6, 6.07) is 0. The van der Waals surface area contributed by atoms with Gasteiger partial charge < -0.3 is 10.2 Å². The van der Waals surface area contributed by atoms with Crippen molar-refractivity contribution in [3.63, 3.8) is 0 Å². The highest BCUT2D eigenvalue weighted by Crippen LogP contribution is 2.24. The van der Waals surface area contributed by atoms with Crippen LogP contribution in [-0.2, 0) is 0 Å². The van der Waals surface area contributed by atoms with Crippen LogP contribution < -0.4 is 5.32 Å². The lowest BCUT2D eigenvalue weighted by molar-refractivity contribution is 0.0880. The first kappa shape index (κ1) is 9.47. The summed E-state index contributed by atoms with van der Waals surface area (Å²) in [6.07, 6.45) is 1.47. The van der Waals surface area contributed by atoms with Gasteiger partial charge >= 0.3 is 0 Å². The van der Waals surface area contributed by atoms with E-state index in [1.807, 2.05) is 0 Å². The van der Waals surface area contributed by atoms with Crippen LogP contribution >= 0.6 is 0 Å². The van der Waals surface area contributed by atoms with Crippen molar-refractivity contribution in [2.45, 2.75) is 20.3 Å². The Balaban J connectivity index is 1.86. The maximum atomic E-state index is 3.53. The molecule has 0 aromatic heterocycles. The molecule has 0 spiro atoms. The Morgan fingerprint density at radius 3 is 2.38 bits per heavy atom. The molecule has 0 unspecified atom stereocenters. The quantitative estimate of drug-likeness (QED) is 0.690. The summed E-state index contributed by atoms with van der Waals surface area (Å²) in [7, 11) is 0. The highest BCUT2D eigenvalue weighted by molar-refractivity contribution is 4.85. The monoisotopic (exact) mass is 182 g/mol. The summed E-state index contributed by atoms with van der Waals surface area (Å²) in [5.74, 6) is 2.70. The molecular weight excluding hydrogens is 160 g/mol. The minimum absolute atomic E-state index is 0.826. The lowest BCUT2D eigenvalue weighted by Gasteiger charge is -2.42. The van der Waals surface area contributed by atoms with E-state index in [9.17, 15) is 0 Å². The number of nitrogens with one attached hydrogen (secondary N) is 1. The topological polar surface area (TPSA) is 15.3 Å². The van der Waals surface area contributed by atoms with Crippen LogP contribution in [0.15, 0.2) is 0 Å². The van der Waals surface area contributed by atoms with E-state index >= 15 is 0 Å². The van der Waals surface area contributed by atoms with E-state index in [4.69, 9.17) is 0 Å². The van der Waals surface area contributed by atoms with Crippen molar-refractivity contribution in [2.24, 2.45) is 17.8 Å². The van der Waals surface area contributed by atoms with E-state index in [2.05, 4.69) is 24.1 Å². The van der Waals surface area contributed by atoms with Gasteiger partial charge in [-0.2, -0.15) is 0 Å². The third-order valence-corrected chi connectivity index (χ3v) is 3.19. The molecule has 0 radical (unpaired) electrons. The second-order valence-electron chi connectivity index (χ2n) is 5.24. The summed E-state index contributed by atoms with van der Waals surface area (Å²) in [5, 5.41) is 3.53. The molecule has 0 aromatic rings. The number of likely N-dealkylation sites (tertiary alicyclic amines) is 1. The Kier molecular flexibility index (Phi) is 2.89. The number of nitrogens with zero attached hydrogens (tertiary/aromatic N) is 1. The van der Waals surface area contributed by atoms with Crippen LogP contribution in [0, 0.1) is 17.8 Å². The van der Waals surface area contributed by atoms with E-state index in [0.717, 1.165) is 17.8 Å². The van der Waals surface area contributed by atoms with Crippen molar-refractivity contribution in [2.75, 3.05) is 32.7 Å². The fourth-order valence-corrected chi connectivity index (χ4v) is 2.88. The molecule has 2 aliphatic rings. The molecule has 2 rings (SSSR count). The van der Waals surface area contributed by atoms with Gasteiger partial charge in [-0.15, -0.1) is 0 Å². The first-order valence-electron chi connectivity index (χ1n) is 5.67. The molecule has 13 heavy (non-hydrogen) atoms. The van der Waals surface area contributed by atoms with E-state index in [-0.39, 0.29) is 0 Å². The summed E-state index contributed by atoms with van der Waals surface area (Å²) in [5.41, 5.74) is 0. The van der Waals surface area contributed by atoms with Gasteiger partial charge in [-0.3, -0.25) is 0 Å². The largest absolute Gasteiger partial charge is 0.316 e. The van der Waals surface area contributed by atoms with Gasteiger partial charge in [0.15, 0.2) is 0 Å². The summed E-state index contributed by atoms with van der Waals surface area (Å²) in [4.78, 5) is 2.67. The molecule has 2 fully saturated rings.